The van der Waals surface area contributed by atoms with Crippen molar-refractivity contribution in [2.45, 2.75) is 25.7 Å². The number of carbonyl (C=O) groups is 1. The van der Waals surface area contributed by atoms with E-state index in [4.69, 9.17) is 9.84 Å². The summed E-state index contributed by atoms with van der Waals surface area (Å²) in [4.78, 5) is 14.1. The van der Waals surface area contributed by atoms with Crippen molar-refractivity contribution in [3.8, 4) is 5.75 Å². The van der Waals surface area contributed by atoms with Crippen molar-refractivity contribution in [1.82, 2.24) is 4.98 Å². The number of carboxylic acid groups (broad SMARTS) is 1. The van der Waals surface area contributed by atoms with Crippen LogP contribution >= 0.6 is 0 Å². The molecule has 1 N–H and O–H groups in total. The largest absolute Gasteiger partial charge is 0.492 e. The molecule has 1 aromatic heterocycles. The summed E-state index contributed by atoms with van der Waals surface area (Å²) in [5.41, 5.74) is 0. The number of ether oxygens (including phenoxy) is 1. The monoisotopic (exact) mass is 209 g/mol. The van der Waals surface area contributed by atoms with E-state index in [1.807, 2.05) is 12.1 Å². The number of aromatic nitrogens is 1. The number of rotatable bonds is 7. The third-order valence-electron chi connectivity index (χ3n) is 1.94. The first-order chi connectivity index (χ1) is 7.29. The zero-order valence-electron chi connectivity index (χ0n) is 8.56. The van der Waals surface area contributed by atoms with Gasteiger partial charge in [-0.15, -0.1) is 0 Å². The minimum Gasteiger partial charge on any atom is -0.492 e. The van der Waals surface area contributed by atoms with Gasteiger partial charge in [-0.3, -0.25) is 9.78 Å². The molecule has 4 nitrogen and oxygen atoms in total. The van der Waals surface area contributed by atoms with Crippen LogP contribution in [0.15, 0.2) is 24.5 Å². The van der Waals surface area contributed by atoms with E-state index in [1.54, 1.807) is 12.4 Å². The van der Waals surface area contributed by atoms with Gasteiger partial charge in [0.15, 0.2) is 0 Å². The Bertz CT molecular complexity index is 287. The number of nitrogens with zero attached hydrogens (tertiary/aromatic N) is 1. The minimum atomic E-state index is -0.733. The summed E-state index contributed by atoms with van der Waals surface area (Å²) in [7, 11) is 0. The maximum Gasteiger partial charge on any atom is 0.303 e. The first kappa shape index (κ1) is 11.5. The van der Waals surface area contributed by atoms with Crippen LogP contribution in [-0.4, -0.2) is 22.7 Å². The molecule has 1 heterocycles. The summed E-state index contributed by atoms with van der Waals surface area (Å²) in [5, 5.41) is 8.41. The third kappa shape index (κ3) is 5.67. The van der Waals surface area contributed by atoms with Gasteiger partial charge in [0, 0.05) is 12.6 Å². The van der Waals surface area contributed by atoms with E-state index in [1.165, 1.54) is 0 Å². The Kier molecular flexibility index (Phi) is 5.22. The molecular weight excluding hydrogens is 194 g/mol. The molecule has 82 valence electrons. The van der Waals surface area contributed by atoms with E-state index in [0.29, 0.717) is 13.0 Å². The summed E-state index contributed by atoms with van der Waals surface area (Å²) in [6.45, 7) is 0.616. The molecule has 0 aromatic carbocycles. The van der Waals surface area contributed by atoms with E-state index < -0.39 is 5.97 Å². The Morgan fingerprint density at radius 3 is 2.93 bits per heavy atom. The third-order valence-corrected chi connectivity index (χ3v) is 1.94. The lowest BCUT2D eigenvalue weighted by atomic mass is 10.2. The molecule has 15 heavy (non-hydrogen) atoms. The molecule has 0 saturated heterocycles. The predicted octanol–water partition coefficient (Wildman–Crippen LogP) is 2.11. The first-order valence-electron chi connectivity index (χ1n) is 5.03. The van der Waals surface area contributed by atoms with E-state index in [2.05, 4.69) is 4.98 Å². The smallest absolute Gasteiger partial charge is 0.303 e. The highest BCUT2D eigenvalue weighted by atomic mass is 16.5. The molecule has 0 aliphatic rings. The van der Waals surface area contributed by atoms with E-state index in [0.717, 1.165) is 18.6 Å². The zero-order chi connectivity index (χ0) is 10.9. The molecule has 0 radical (unpaired) electrons. The average molecular weight is 209 g/mol. The normalized spacial score (nSPS) is 9.87. The van der Waals surface area contributed by atoms with Crippen LogP contribution in [0.1, 0.15) is 25.7 Å². The standard InChI is InChI=1S/C11H15NO3/c13-11(14)6-2-1-3-8-15-10-5-4-7-12-9-10/h4-5,7,9H,1-3,6,8H2,(H,13,14). The maximum absolute atomic E-state index is 10.2. The number of pyridine rings is 1. The number of carboxylic acids is 1. The second kappa shape index (κ2) is 6.81. The van der Waals surface area contributed by atoms with Crippen LogP contribution in [0.4, 0.5) is 0 Å². The lowest BCUT2D eigenvalue weighted by Gasteiger charge is -2.04. The molecule has 0 unspecified atom stereocenters. The second-order valence-corrected chi connectivity index (χ2v) is 3.24. The fourth-order valence-corrected chi connectivity index (χ4v) is 1.18. The van der Waals surface area contributed by atoms with Crippen LogP contribution in [0.25, 0.3) is 0 Å². The van der Waals surface area contributed by atoms with Crippen LogP contribution in [0.2, 0.25) is 0 Å². The summed E-state index contributed by atoms with van der Waals surface area (Å²) >= 11 is 0. The van der Waals surface area contributed by atoms with Gasteiger partial charge in [-0.1, -0.05) is 0 Å². The SMILES string of the molecule is O=C(O)CCCCCOc1cccnc1. The summed E-state index contributed by atoms with van der Waals surface area (Å²) in [6.07, 6.45) is 6.07. The van der Waals surface area contributed by atoms with Gasteiger partial charge in [-0.25, -0.2) is 0 Å². The van der Waals surface area contributed by atoms with Gasteiger partial charge in [-0.05, 0) is 31.4 Å². The molecule has 0 saturated carbocycles. The molecule has 0 aliphatic heterocycles. The second-order valence-electron chi connectivity index (χ2n) is 3.24. The highest BCUT2D eigenvalue weighted by Crippen LogP contribution is 2.07. The van der Waals surface area contributed by atoms with E-state index in [-0.39, 0.29) is 6.42 Å². The van der Waals surface area contributed by atoms with Crippen LogP contribution in [-0.2, 0) is 4.79 Å². The lowest BCUT2D eigenvalue weighted by molar-refractivity contribution is -0.137. The summed E-state index contributed by atoms with van der Waals surface area (Å²) in [6, 6.07) is 3.67. The Hall–Kier alpha value is -1.58. The van der Waals surface area contributed by atoms with Crippen LogP contribution in [0.5, 0.6) is 5.75 Å². The Balaban J connectivity index is 2.00. The Labute approximate surface area is 88.9 Å². The highest BCUT2D eigenvalue weighted by Gasteiger charge is 1.97. The molecule has 0 bridgehead atoms. The summed E-state index contributed by atoms with van der Waals surface area (Å²) < 4.78 is 5.40. The Morgan fingerprint density at radius 2 is 2.27 bits per heavy atom. The molecule has 0 amide bonds. The van der Waals surface area contributed by atoms with Crippen LogP contribution in [0, 0.1) is 0 Å². The number of hydrogen-bond acceptors (Lipinski definition) is 3. The van der Waals surface area contributed by atoms with Crippen LogP contribution in [0.3, 0.4) is 0 Å². The van der Waals surface area contributed by atoms with Gasteiger partial charge in [-0.2, -0.15) is 0 Å². The van der Waals surface area contributed by atoms with Gasteiger partial charge in [0.05, 0.1) is 12.8 Å². The molecule has 4 heteroatoms. The van der Waals surface area contributed by atoms with Crippen molar-refractivity contribution >= 4 is 5.97 Å². The number of hydrogen-bond donors (Lipinski definition) is 1. The van der Waals surface area contributed by atoms with E-state index >= 15 is 0 Å². The molecular formula is C11H15NO3. The van der Waals surface area contributed by atoms with Crippen molar-refractivity contribution in [3.05, 3.63) is 24.5 Å². The van der Waals surface area contributed by atoms with Gasteiger partial charge in [0.2, 0.25) is 0 Å². The average Bonchev–Trinajstić information content (AvgIpc) is 2.24. The maximum atomic E-state index is 10.2. The van der Waals surface area contributed by atoms with Gasteiger partial charge in [0.1, 0.15) is 5.75 Å². The quantitative estimate of drug-likeness (QED) is 0.698. The first-order valence-corrected chi connectivity index (χ1v) is 5.03. The highest BCUT2D eigenvalue weighted by molar-refractivity contribution is 5.66. The van der Waals surface area contributed by atoms with Gasteiger partial charge >= 0.3 is 5.97 Å². The fraction of sp³-hybridized carbons (Fsp3) is 0.455. The van der Waals surface area contributed by atoms with Crippen molar-refractivity contribution in [3.63, 3.8) is 0 Å². The molecule has 1 aromatic rings. The predicted molar refractivity (Wildman–Crippen MR) is 55.8 cm³/mol. The van der Waals surface area contributed by atoms with Crippen molar-refractivity contribution in [2.75, 3.05) is 6.61 Å². The number of unbranched alkanes of at least 4 members (excludes halogenated alkanes) is 2. The molecule has 1 rings (SSSR count). The topological polar surface area (TPSA) is 59.4 Å². The van der Waals surface area contributed by atoms with Gasteiger partial charge < -0.3 is 9.84 Å². The molecule has 0 fully saturated rings. The minimum absolute atomic E-state index is 0.243. The number of aliphatic carboxylic acids is 1. The zero-order valence-corrected chi connectivity index (χ0v) is 8.56. The van der Waals surface area contributed by atoms with Crippen molar-refractivity contribution < 1.29 is 14.6 Å². The van der Waals surface area contributed by atoms with Crippen molar-refractivity contribution in [1.29, 1.82) is 0 Å². The lowest BCUT2D eigenvalue weighted by Crippen LogP contribution is -1.99. The van der Waals surface area contributed by atoms with Gasteiger partial charge in [0.25, 0.3) is 0 Å². The Morgan fingerprint density at radius 1 is 1.40 bits per heavy atom. The van der Waals surface area contributed by atoms with E-state index in [9.17, 15) is 4.79 Å². The fourth-order valence-electron chi connectivity index (χ4n) is 1.18. The molecule has 0 atom stereocenters. The molecule has 0 spiro atoms. The van der Waals surface area contributed by atoms with Crippen molar-refractivity contribution in [2.24, 2.45) is 0 Å². The molecule has 0 aliphatic carbocycles. The summed E-state index contributed by atoms with van der Waals surface area (Å²) in [5.74, 6) is 0.0268. The van der Waals surface area contributed by atoms with Crippen LogP contribution < -0.4 is 4.74 Å².